The largest absolute Gasteiger partial charge is 0.394 e. The van der Waals surface area contributed by atoms with Gasteiger partial charge in [-0.25, -0.2) is 0 Å². The molecule has 0 aromatic heterocycles. The zero-order chi connectivity index (χ0) is 8.54. The van der Waals surface area contributed by atoms with Gasteiger partial charge < -0.3 is 15.6 Å². The molecule has 0 spiro atoms. The molecule has 3 N–H and O–H groups in total. The lowest BCUT2D eigenvalue weighted by atomic mass is 9.70. The van der Waals surface area contributed by atoms with E-state index in [2.05, 4.69) is 0 Å². The first-order valence-corrected chi connectivity index (χ1v) is 3.99. The van der Waals surface area contributed by atoms with E-state index in [0.717, 1.165) is 6.42 Å². The van der Waals surface area contributed by atoms with E-state index in [1.54, 1.807) is 0 Å². The molecule has 1 heterocycles. The maximum Gasteiger partial charge on any atom is 0.0618 e. The van der Waals surface area contributed by atoms with Crippen molar-refractivity contribution >= 4 is 0 Å². The third kappa shape index (κ3) is 1.41. The van der Waals surface area contributed by atoms with Gasteiger partial charge in [-0.1, -0.05) is 13.8 Å². The fourth-order valence-electron chi connectivity index (χ4n) is 1.36. The average Bonchev–Trinajstić information content (AvgIpc) is 1.95. The van der Waals surface area contributed by atoms with Crippen LogP contribution in [-0.4, -0.2) is 30.5 Å². The predicted molar refractivity (Wildman–Crippen MR) is 43.2 cm³/mol. The van der Waals surface area contributed by atoms with Gasteiger partial charge in [0.25, 0.3) is 0 Å². The van der Waals surface area contributed by atoms with Gasteiger partial charge in [0.15, 0.2) is 0 Å². The van der Waals surface area contributed by atoms with Gasteiger partial charge in [-0.15, -0.1) is 0 Å². The van der Waals surface area contributed by atoms with Gasteiger partial charge in [0.1, 0.15) is 0 Å². The second-order valence-corrected chi connectivity index (χ2v) is 4.00. The van der Waals surface area contributed by atoms with Gasteiger partial charge in [-0.3, -0.25) is 0 Å². The van der Waals surface area contributed by atoms with E-state index >= 15 is 0 Å². The molecular weight excluding hydrogens is 142 g/mol. The second-order valence-electron chi connectivity index (χ2n) is 4.00. The Labute approximate surface area is 67.5 Å². The number of rotatable bonds is 1. The molecule has 0 aromatic carbocycles. The molecule has 3 nitrogen and oxygen atoms in total. The summed E-state index contributed by atoms with van der Waals surface area (Å²) in [6.45, 7) is 5.42. The Hall–Kier alpha value is -0.120. The molecule has 1 aliphatic rings. The van der Waals surface area contributed by atoms with Crippen molar-refractivity contribution in [2.45, 2.75) is 25.8 Å². The van der Waals surface area contributed by atoms with E-state index in [4.69, 9.17) is 15.6 Å². The van der Waals surface area contributed by atoms with Crippen LogP contribution in [0.4, 0.5) is 0 Å². The Kier molecular flexibility index (Phi) is 2.23. The fraction of sp³-hybridized carbons (Fsp3) is 1.00. The van der Waals surface area contributed by atoms with Crippen molar-refractivity contribution in [2.75, 3.05) is 19.8 Å². The Morgan fingerprint density at radius 3 is 2.55 bits per heavy atom. The van der Waals surface area contributed by atoms with Crippen molar-refractivity contribution in [3.63, 3.8) is 0 Å². The molecule has 3 heteroatoms. The summed E-state index contributed by atoms with van der Waals surface area (Å²) < 4.78 is 5.29. The van der Waals surface area contributed by atoms with Crippen LogP contribution in [0.5, 0.6) is 0 Å². The van der Waals surface area contributed by atoms with Crippen molar-refractivity contribution in [2.24, 2.45) is 11.1 Å². The average molecular weight is 159 g/mol. The van der Waals surface area contributed by atoms with Gasteiger partial charge in [-0.05, 0) is 6.42 Å². The number of aliphatic hydroxyl groups is 1. The lowest BCUT2D eigenvalue weighted by Gasteiger charge is -2.46. The highest BCUT2D eigenvalue weighted by atomic mass is 16.5. The summed E-state index contributed by atoms with van der Waals surface area (Å²) in [6, 6.07) is 0. The lowest BCUT2D eigenvalue weighted by Crippen LogP contribution is -2.60. The molecule has 0 aromatic rings. The van der Waals surface area contributed by atoms with Crippen LogP contribution in [0, 0.1) is 5.41 Å². The molecule has 1 saturated heterocycles. The zero-order valence-electron chi connectivity index (χ0n) is 7.26. The Morgan fingerprint density at radius 2 is 2.18 bits per heavy atom. The van der Waals surface area contributed by atoms with Crippen molar-refractivity contribution in [1.82, 2.24) is 0 Å². The van der Waals surface area contributed by atoms with Gasteiger partial charge in [0.2, 0.25) is 0 Å². The Morgan fingerprint density at radius 1 is 1.55 bits per heavy atom. The summed E-state index contributed by atoms with van der Waals surface area (Å²) in [5.41, 5.74) is 5.44. The topological polar surface area (TPSA) is 55.5 Å². The molecule has 0 bridgehead atoms. The number of nitrogens with two attached hydrogens (primary N) is 1. The Bertz CT molecular complexity index is 147. The summed E-state index contributed by atoms with van der Waals surface area (Å²) in [5.74, 6) is 0. The zero-order valence-corrected chi connectivity index (χ0v) is 7.26. The predicted octanol–water partition coefficient (Wildman–Crippen LogP) is 0.123. The van der Waals surface area contributed by atoms with Gasteiger partial charge in [0, 0.05) is 17.6 Å². The maximum absolute atomic E-state index is 9.11. The quantitative estimate of drug-likeness (QED) is 0.571. The van der Waals surface area contributed by atoms with Crippen LogP contribution in [-0.2, 0) is 4.74 Å². The van der Waals surface area contributed by atoms with E-state index in [1.165, 1.54) is 0 Å². The molecule has 1 fully saturated rings. The van der Waals surface area contributed by atoms with Gasteiger partial charge >= 0.3 is 0 Å². The van der Waals surface area contributed by atoms with Crippen LogP contribution in [0.15, 0.2) is 0 Å². The smallest absolute Gasteiger partial charge is 0.0618 e. The first-order valence-electron chi connectivity index (χ1n) is 3.99. The van der Waals surface area contributed by atoms with Crippen molar-refractivity contribution in [3.8, 4) is 0 Å². The highest BCUT2D eigenvalue weighted by Crippen LogP contribution is 2.34. The summed E-state index contributed by atoms with van der Waals surface area (Å²) in [7, 11) is 0. The van der Waals surface area contributed by atoms with Crippen LogP contribution in [0.2, 0.25) is 0 Å². The summed E-state index contributed by atoms with van der Waals surface area (Å²) in [4.78, 5) is 0. The number of hydrogen-bond acceptors (Lipinski definition) is 3. The Balaban J connectivity index is 2.74. The minimum Gasteiger partial charge on any atom is -0.394 e. The van der Waals surface area contributed by atoms with Crippen LogP contribution in [0.25, 0.3) is 0 Å². The van der Waals surface area contributed by atoms with E-state index in [-0.39, 0.29) is 12.0 Å². The first-order chi connectivity index (χ1) is 5.02. The van der Waals surface area contributed by atoms with E-state index in [9.17, 15) is 0 Å². The third-order valence-corrected chi connectivity index (χ3v) is 2.79. The molecular formula is C8H17NO2. The van der Waals surface area contributed by atoms with E-state index in [1.807, 2.05) is 13.8 Å². The molecule has 1 aliphatic heterocycles. The normalized spacial score (nSPS) is 37.1. The van der Waals surface area contributed by atoms with Gasteiger partial charge in [0.05, 0.1) is 13.2 Å². The van der Waals surface area contributed by atoms with Crippen molar-refractivity contribution < 1.29 is 9.84 Å². The SMILES string of the molecule is CC1(C)COCCC1(N)CO. The monoisotopic (exact) mass is 159 g/mol. The van der Waals surface area contributed by atoms with Crippen LogP contribution < -0.4 is 5.73 Å². The highest BCUT2D eigenvalue weighted by molar-refractivity contribution is 4.99. The molecule has 1 atom stereocenters. The van der Waals surface area contributed by atoms with Gasteiger partial charge in [-0.2, -0.15) is 0 Å². The molecule has 0 saturated carbocycles. The van der Waals surface area contributed by atoms with Crippen LogP contribution >= 0.6 is 0 Å². The summed E-state index contributed by atoms with van der Waals surface area (Å²) >= 11 is 0. The standard InChI is InChI=1S/C8H17NO2/c1-7(2)6-11-4-3-8(7,9)5-10/h10H,3-6,9H2,1-2H3. The molecule has 0 amide bonds. The summed E-state index contributed by atoms with van der Waals surface area (Å²) in [5, 5.41) is 9.11. The molecule has 66 valence electrons. The lowest BCUT2D eigenvalue weighted by molar-refractivity contribution is -0.0661. The summed E-state index contributed by atoms with van der Waals surface area (Å²) in [6.07, 6.45) is 0.747. The minimum atomic E-state index is -0.453. The maximum atomic E-state index is 9.11. The van der Waals surface area contributed by atoms with Crippen LogP contribution in [0.3, 0.4) is 0 Å². The van der Waals surface area contributed by atoms with Crippen molar-refractivity contribution in [3.05, 3.63) is 0 Å². The number of ether oxygens (including phenoxy) is 1. The molecule has 1 unspecified atom stereocenters. The molecule has 0 radical (unpaired) electrons. The third-order valence-electron chi connectivity index (χ3n) is 2.79. The molecule has 11 heavy (non-hydrogen) atoms. The van der Waals surface area contributed by atoms with E-state index in [0.29, 0.717) is 13.2 Å². The second kappa shape index (κ2) is 2.73. The minimum absolute atomic E-state index is 0.0450. The number of aliphatic hydroxyl groups excluding tert-OH is 1. The molecule has 0 aliphatic carbocycles. The first kappa shape index (κ1) is 8.97. The number of hydrogen-bond donors (Lipinski definition) is 2. The highest BCUT2D eigenvalue weighted by Gasteiger charge is 2.43. The van der Waals surface area contributed by atoms with Crippen molar-refractivity contribution in [1.29, 1.82) is 0 Å². The van der Waals surface area contributed by atoms with Crippen LogP contribution in [0.1, 0.15) is 20.3 Å². The fourth-order valence-corrected chi connectivity index (χ4v) is 1.36. The molecule has 1 rings (SSSR count). The van der Waals surface area contributed by atoms with E-state index < -0.39 is 5.54 Å².